The Balaban J connectivity index is 3.33. The summed E-state index contributed by atoms with van der Waals surface area (Å²) in [5, 5.41) is 8.78. The Kier molecular flexibility index (Phi) is 3.36. The third-order valence-corrected chi connectivity index (χ3v) is 2.18. The Morgan fingerprint density at radius 2 is 2.00 bits per heavy atom. The highest BCUT2D eigenvalue weighted by molar-refractivity contribution is 5.38. The van der Waals surface area contributed by atoms with Gasteiger partial charge < -0.3 is 10.8 Å². The van der Waals surface area contributed by atoms with Gasteiger partial charge in [-0.15, -0.1) is 0 Å². The zero-order chi connectivity index (χ0) is 11.6. The third kappa shape index (κ3) is 2.49. The number of hydrogen-bond donors (Lipinski definition) is 2. The summed E-state index contributed by atoms with van der Waals surface area (Å²) < 4.78 is 38.0. The minimum atomic E-state index is -4.44. The van der Waals surface area contributed by atoms with Crippen LogP contribution in [-0.4, -0.2) is 11.7 Å². The zero-order valence-corrected chi connectivity index (χ0v) is 8.17. The van der Waals surface area contributed by atoms with Crippen molar-refractivity contribution in [2.45, 2.75) is 19.1 Å². The molecule has 0 aliphatic carbocycles. The first-order chi connectivity index (χ1) is 6.88. The fourth-order valence-electron chi connectivity index (χ4n) is 1.49. The number of nitrogens with two attached hydrogens (primary N) is 1. The van der Waals surface area contributed by atoms with Crippen molar-refractivity contribution in [1.82, 2.24) is 0 Å². The minimum Gasteiger partial charge on any atom is -0.394 e. The molecule has 0 saturated heterocycles. The Morgan fingerprint density at radius 3 is 2.47 bits per heavy atom. The molecule has 1 unspecified atom stereocenters. The Labute approximate surface area is 85.5 Å². The second-order valence-electron chi connectivity index (χ2n) is 3.33. The van der Waals surface area contributed by atoms with Crippen molar-refractivity contribution >= 4 is 0 Å². The molecule has 1 aromatic rings. The summed E-state index contributed by atoms with van der Waals surface area (Å²) in [6.07, 6.45) is -4.44. The smallest absolute Gasteiger partial charge is 0.394 e. The van der Waals surface area contributed by atoms with E-state index in [9.17, 15) is 13.2 Å². The molecule has 0 aromatic heterocycles. The van der Waals surface area contributed by atoms with Gasteiger partial charge in [-0.2, -0.15) is 13.2 Å². The molecule has 5 heteroatoms. The molecule has 0 aliphatic heterocycles. The van der Waals surface area contributed by atoms with Crippen LogP contribution in [0.2, 0.25) is 0 Å². The number of benzene rings is 1. The predicted molar refractivity (Wildman–Crippen MR) is 50.2 cm³/mol. The fraction of sp³-hybridized carbons (Fsp3) is 0.400. The molecular formula is C10H12F3NO. The monoisotopic (exact) mass is 219 g/mol. The lowest BCUT2D eigenvalue weighted by molar-refractivity contribution is -0.138. The van der Waals surface area contributed by atoms with Crippen molar-refractivity contribution in [2.75, 3.05) is 6.61 Å². The highest BCUT2D eigenvalue weighted by atomic mass is 19.4. The van der Waals surface area contributed by atoms with Crippen LogP contribution in [-0.2, 0) is 6.18 Å². The number of rotatable bonds is 2. The molecule has 0 fully saturated rings. The third-order valence-electron chi connectivity index (χ3n) is 2.18. The van der Waals surface area contributed by atoms with Crippen LogP contribution in [0.1, 0.15) is 22.7 Å². The molecule has 2 nitrogen and oxygen atoms in total. The van der Waals surface area contributed by atoms with Gasteiger partial charge in [0.1, 0.15) is 0 Å². The molecule has 0 saturated carbocycles. The highest BCUT2D eigenvalue weighted by Gasteiger charge is 2.35. The number of aryl methyl sites for hydroxylation is 1. The molecule has 3 N–H and O–H groups in total. The average Bonchev–Trinajstić information content (AvgIpc) is 2.14. The molecule has 1 atom stereocenters. The standard InChI is InChI=1S/C10H12F3NO/c1-6-3-2-4-7(8(14)5-15)9(6)10(11,12)13/h2-4,8,15H,5,14H2,1H3. The number of halogens is 3. The average molecular weight is 219 g/mol. The molecule has 84 valence electrons. The first-order valence-electron chi connectivity index (χ1n) is 4.41. The van der Waals surface area contributed by atoms with Gasteiger partial charge >= 0.3 is 6.18 Å². The summed E-state index contributed by atoms with van der Waals surface area (Å²) in [6.45, 7) is 0.864. The highest BCUT2D eigenvalue weighted by Crippen LogP contribution is 2.36. The van der Waals surface area contributed by atoms with Crippen molar-refractivity contribution in [3.05, 3.63) is 34.9 Å². The van der Waals surface area contributed by atoms with E-state index in [4.69, 9.17) is 10.8 Å². The van der Waals surface area contributed by atoms with E-state index in [1.807, 2.05) is 0 Å². The SMILES string of the molecule is Cc1cccc(C(N)CO)c1C(F)(F)F. The van der Waals surface area contributed by atoms with Gasteiger partial charge in [0.15, 0.2) is 0 Å². The molecule has 0 heterocycles. The van der Waals surface area contributed by atoms with Crippen LogP contribution in [0, 0.1) is 6.92 Å². The van der Waals surface area contributed by atoms with E-state index in [-0.39, 0.29) is 11.1 Å². The van der Waals surface area contributed by atoms with Crippen molar-refractivity contribution < 1.29 is 18.3 Å². The van der Waals surface area contributed by atoms with Gasteiger partial charge in [0.25, 0.3) is 0 Å². The first kappa shape index (κ1) is 12.0. The van der Waals surface area contributed by atoms with Crippen LogP contribution in [0.3, 0.4) is 0 Å². The van der Waals surface area contributed by atoms with Gasteiger partial charge in [-0.25, -0.2) is 0 Å². The van der Waals surface area contributed by atoms with Crippen LogP contribution in [0.25, 0.3) is 0 Å². The second kappa shape index (κ2) is 4.20. The van der Waals surface area contributed by atoms with E-state index >= 15 is 0 Å². The fourth-order valence-corrected chi connectivity index (χ4v) is 1.49. The Hall–Kier alpha value is -1.07. The minimum absolute atomic E-state index is 0.0648. The summed E-state index contributed by atoms with van der Waals surface area (Å²) in [4.78, 5) is 0. The number of alkyl halides is 3. The van der Waals surface area contributed by atoms with E-state index in [1.54, 1.807) is 0 Å². The van der Waals surface area contributed by atoms with Crippen molar-refractivity contribution in [3.63, 3.8) is 0 Å². The molecular weight excluding hydrogens is 207 g/mol. The molecule has 0 spiro atoms. The maximum Gasteiger partial charge on any atom is 0.416 e. The Bertz CT molecular complexity index is 349. The van der Waals surface area contributed by atoms with Gasteiger partial charge in [-0.1, -0.05) is 18.2 Å². The molecule has 0 bridgehead atoms. The topological polar surface area (TPSA) is 46.2 Å². The van der Waals surface area contributed by atoms with Crippen molar-refractivity contribution in [3.8, 4) is 0 Å². The lowest BCUT2D eigenvalue weighted by Gasteiger charge is -2.18. The number of aliphatic hydroxyl groups is 1. The van der Waals surface area contributed by atoms with Gasteiger partial charge in [-0.05, 0) is 18.1 Å². The second-order valence-corrected chi connectivity index (χ2v) is 3.33. The van der Waals surface area contributed by atoms with Crippen molar-refractivity contribution in [2.24, 2.45) is 5.73 Å². The lowest BCUT2D eigenvalue weighted by atomic mass is 9.97. The molecule has 1 aromatic carbocycles. The van der Waals surface area contributed by atoms with E-state index < -0.39 is 24.4 Å². The van der Waals surface area contributed by atoms with Gasteiger partial charge in [-0.3, -0.25) is 0 Å². The Morgan fingerprint density at radius 1 is 1.40 bits per heavy atom. The summed E-state index contributed by atoms with van der Waals surface area (Å²) in [7, 11) is 0. The summed E-state index contributed by atoms with van der Waals surface area (Å²) in [5.74, 6) is 0. The molecule has 0 radical (unpaired) electrons. The van der Waals surface area contributed by atoms with Gasteiger partial charge in [0.05, 0.1) is 18.2 Å². The molecule has 1 rings (SSSR count). The van der Waals surface area contributed by atoms with E-state index in [1.165, 1.54) is 25.1 Å². The van der Waals surface area contributed by atoms with Crippen LogP contribution < -0.4 is 5.73 Å². The summed E-state index contributed by atoms with van der Waals surface area (Å²) in [5.41, 5.74) is 4.72. The van der Waals surface area contributed by atoms with Crippen LogP contribution >= 0.6 is 0 Å². The maximum absolute atomic E-state index is 12.7. The van der Waals surface area contributed by atoms with Crippen molar-refractivity contribution in [1.29, 1.82) is 0 Å². The van der Waals surface area contributed by atoms with Gasteiger partial charge in [0, 0.05) is 0 Å². The van der Waals surface area contributed by atoms with E-state index in [2.05, 4.69) is 0 Å². The quantitative estimate of drug-likeness (QED) is 0.799. The summed E-state index contributed by atoms with van der Waals surface area (Å²) >= 11 is 0. The normalized spacial score (nSPS) is 14.0. The van der Waals surface area contributed by atoms with Crippen LogP contribution in [0.4, 0.5) is 13.2 Å². The molecule has 0 amide bonds. The maximum atomic E-state index is 12.7. The number of aliphatic hydroxyl groups excluding tert-OH is 1. The number of hydrogen-bond acceptors (Lipinski definition) is 2. The van der Waals surface area contributed by atoms with Crippen LogP contribution in [0.5, 0.6) is 0 Å². The summed E-state index contributed by atoms with van der Waals surface area (Å²) in [6, 6.07) is 3.16. The van der Waals surface area contributed by atoms with E-state index in [0.717, 1.165) is 0 Å². The largest absolute Gasteiger partial charge is 0.416 e. The lowest BCUT2D eigenvalue weighted by Crippen LogP contribution is -2.21. The molecule has 0 aliphatic rings. The van der Waals surface area contributed by atoms with E-state index in [0.29, 0.717) is 0 Å². The first-order valence-corrected chi connectivity index (χ1v) is 4.41. The van der Waals surface area contributed by atoms with Gasteiger partial charge in [0.2, 0.25) is 0 Å². The zero-order valence-electron chi connectivity index (χ0n) is 8.17. The van der Waals surface area contributed by atoms with Crippen LogP contribution in [0.15, 0.2) is 18.2 Å². The predicted octanol–water partition coefficient (Wildman–Crippen LogP) is 2.01. The molecule has 15 heavy (non-hydrogen) atoms.